The molecule has 1 heterocycles. The van der Waals surface area contributed by atoms with Crippen molar-refractivity contribution < 1.29 is 8.42 Å². The van der Waals surface area contributed by atoms with Crippen molar-refractivity contribution in [3.63, 3.8) is 0 Å². The van der Waals surface area contributed by atoms with E-state index in [4.69, 9.17) is 0 Å². The Labute approximate surface area is 124 Å². The minimum atomic E-state index is -3.32. The third kappa shape index (κ3) is 3.94. The first kappa shape index (κ1) is 14.3. The zero-order chi connectivity index (χ0) is 13.2. The molecule has 4 nitrogen and oxygen atoms in total. The summed E-state index contributed by atoms with van der Waals surface area (Å²) in [5.74, 6) is 0.117. The molecule has 0 radical (unpaired) electrons. The smallest absolute Gasteiger partial charge is 0.234 e. The van der Waals surface area contributed by atoms with Gasteiger partial charge in [0.2, 0.25) is 10.0 Å². The van der Waals surface area contributed by atoms with Gasteiger partial charge in [-0.05, 0) is 53.5 Å². The lowest BCUT2D eigenvalue weighted by molar-refractivity contribution is 0.582. The highest BCUT2D eigenvalue weighted by Crippen LogP contribution is 2.27. The maximum absolute atomic E-state index is 12.0. The average Bonchev–Trinajstić information content (AvgIpc) is 2.75. The highest BCUT2D eigenvalue weighted by atomic mass is 79.9. The number of nitrogens with one attached hydrogen (secondary N) is 2. The summed E-state index contributed by atoms with van der Waals surface area (Å²) >= 11 is 6.66. The van der Waals surface area contributed by atoms with Crippen molar-refractivity contribution in [2.45, 2.75) is 18.9 Å². The summed E-state index contributed by atoms with van der Waals surface area (Å²) < 4.78 is 28.2. The molecular weight excluding hydrogens is 384 g/mol. The number of benzene rings is 1. The van der Waals surface area contributed by atoms with Crippen LogP contribution in [0.5, 0.6) is 0 Å². The summed E-state index contributed by atoms with van der Waals surface area (Å²) in [5.41, 5.74) is 0.558. The summed E-state index contributed by atoms with van der Waals surface area (Å²) in [6.45, 7) is 0.904. The molecule has 1 saturated heterocycles. The second kappa shape index (κ2) is 5.90. The van der Waals surface area contributed by atoms with Gasteiger partial charge in [0.05, 0.1) is 11.4 Å². The van der Waals surface area contributed by atoms with E-state index in [1.54, 1.807) is 12.1 Å². The lowest BCUT2D eigenvalue weighted by Gasteiger charge is -2.13. The van der Waals surface area contributed by atoms with Gasteiger partial charge < -0.3 is 5.32 Å². The molecule has 1 aromatic carbocycles. The van der Waals surface area contributed by atoms with Gasteiger partial charge in [0.25, 0.3) is 0 Å². The molecule has 100 valence electrons. The van der Waals surface area contributed by atoms with E-state index in [9.17, 15) is 8.42 Å². The van der Waals surface area contributed by atoms with Crippen molar-refractivity contribution in [1.29, 1.82) is 0 Å². The fraction of sp³-hybridized carbons (Fsp3) is 0.455. The zero-order valence-electron chi connectivity index (χ0n) is 9.62. The second-order valence-corrected chi connectivity index (χ2v) is 7.84. The van der Waals surface area contributed by atoms with Gasteiger partial charge in [0.1, 0.15) is 0 Å². The van der Waals surface area contributed by atoms with Crippen LogP contribution in [0.25, 0.3) is 0 Å². The standard InChI is InChI=1S/C11H14Br2N2O2S/c12-8-3-4-10(13)11(6-8)15-18(16,17)7-9-2-1-5-14-9/h3-4,6,9,14-15H,1-2,5,7H2. The van der Waals surface area contributed by atoms with E-state index in [2.05, 4.69) is 41.9 Å². The minimum Gasteiger partial charge on any atom is -0.313 e. The van der Waals surface area contributed by atoms with Crippen molar-refractivity contribution in [2.75, 3.05) is 17.0 Å². The van der Waals surface area contributed by atoms with Crippen molar-refractivity contribution in [3.8, 4) is 0 Å². The Morgan fingerprint density at radius 3 is 2.83 bits per heavy atom. The van der Waals surface area contributed by atoms with Crippen molar-refractivity contribution in [2.24, 2.45) is 0 Å². The number of anilines is 1. The lowest BCUT2D eigenvalue weighted by atomic mass is 10.3. The SMILES string of the molecule is O=S(=O)(CC1CCCN1)Nc1cc(Br)ccc1Br. The second-order valence-electron chi connectivity index (χ2n) is 4.30. The van der Waals surface area contributed by atoms with Crippen LogP contribution < -0.4 is 10.0 Å². The van der Waals surface area contributed by atoms with Crippen LogP contribution in [0.2, 0.25) is 0 Å². The van der Waals surface area contributed by atoms with Gasteiger partial charge in [-0.1, -0.05) is 15.9 Å². The van der Waals surface area contributed by atoms with E-state index >= 15 is 0 Å². The van der Waals surface area contributed by atoms with Crippen molar-refractivity contribution in [3.05, 3.63) is 27.1 Å². The van der Waals surface area contributed by atoms with Crippen LogP contribution in [0.15, 0.2) is 27.1 Å². The maximum Gasteiger partial charge on any atom is 0.234 e. The van der Waals surface area contributed by atoms with Gasteiger partial charge >= 0.3 is 0 Å². The molecule has 0 saturated carbocycles. The molecular formula is C11H14Br2N2O2S. The molecule has 1 aromatic rings. The number of hydrogen-bond donors (Lipinski definition) is 2. The normalized spacial score (nSPS) is 20.0. The van der Waals surface area contributed by atoms with Gasteiger partial charge in [-0.2, -0.15) is 0 Å². The fourth-order valence-electron chi connectivity index (χ4n) is 1.95. The summed E-state index contributed by atoms with van der Waals surface area (Å²) in [6, 6.07) is 5.45. The van der Waals surface area contributed by atoms with Crippen LogP contribution in [-0.4, -0.2) is 26.8 Å². The number of halogens is 2. The molecule has 0 aromatic heterocycles. The molecule has 1 atom stereocenters. The maximum atomic E-state index is 12.0. The van der Waals surface area contributed by atoms with Crippen LogP contribution in [0, 0.1) is 0 Å². The fourth-order valence-corrected chi connectivity index (χ4v) is 4.19. The molecule has 18 heavy (non-hydrogen) atoms. The summed E-state index contributed by atoms with van der Waals surface area (Å²) in [6.07, 6.45) is 1.96. The number of sulfonamides is 1. The largest absolute Gasteiger partial charge is 0.313 e. The first-order valence-electron chi connectivity index (χ1n) is 5.65. The predicted octanol–water partition coefficient (Wildman–Crippen LogP) is 2.71. The van der Waals surface area contributed by atoms with Gasteiger partial charge in [-0.3, -0.25) is 4.72 Å². The van der Waals surface area contributed by atoms with Crippen LogP contribution >= 0.6 is 31.9 Å². The molecule has 1 aliphatic heterocycles. The Hall–Kier alpha value is -0.110. The Morgan fingerprint density at radius 2 is 2.17 bits per heavy atom. The van der Waals surface area contributed by atoms with Gasteiger partial charge in [-0.25, -0.2) is 8.42 Å². The highest BCUT2D eigenvalue weighted by Gasteiger charge is 2.22. The Kier molecular flexibility index (Phi) is 4.69. The molecule has 1 fully saturated rings. The number of hydrogen-bond acceptors (Lipinski definition) is 3. The molecule has 0 bridgehead atoms. The van der Waals surface area contributed by atoms with Crippen LogP contribution in [0.4, 0.5) is 5.69 Å². The molecule has 1 aliphatic rings. The third-order valence-electron chi connectivity index (χ3n) is 2.78. The molecule has 7 heteroatoms. The van der Waals surface area contributed by atoms with E-state index in [-0.39, 0.29) is 11.8 Å². The monoisotopic (exact) mass is 396 g/mol. The summed E-state index contributed by atoms with van der Waals surface area (Å²) in [5, 5.41) is 3.18. The van der Waals surface area contributed by atoms with E-state index in [1.807, 2.05) is 6.07 Å². The topological polar surface area (TPSA) is 58.2 Å². The first-order chi connectivity index (χ1) is 8.46. The molecule has 0 aliphatic carbocycles. The minimum absolute atomic E-state index is 0.0634. The van der Waals surface area contributed by atoms with Gasteiger partial charge in [0, 0.05) is 15.0 Å². The molecule has 2 rings (SSSR count). The molecule has 1 unspecified atom stereocenters. The Morgan fingerprint density at radius 1 is 1.39 bits per heavy atom. The quantitative estimate of drug-likeness (QED) is 0.821. The summed E-state index contributed by atoms with van der Waals surface area (Å²) in [7, 11) is -3.32. The first-order valence-corrected chi connectivity index (χ1v) is 8.89. The van der Waals surface area contributed by atoms with Gasteiger partial charge in [0.15, 0.2) is 0 Å². The average molecular weight is 398 g/mol. The lowest BCUT2D eigenvalue weighted by Crippen LogP contribution is -2.32. The summed E-state index contributed by atoms with van der Waals surface area (Å²) in [4.78, 5) is 0. The van der Waals surface area contributed by atoms with Crippen molar-refractivity contribution >= 4 is 47.6 Å². The third-order valence-corrected chi connectivity index (χ3v) is 5.33. The van der Waals surface area contributed by atoms with Gasteiger partial charge in [-0.15, -0.1) is 0 Å². The zero-order valence-corrected chi connectivity index (χ0v) is 13.6. The molecule has 2 N–H and O–H groups in total. The predicted molar refractivity (Wildman–Crippen MR) is 80.3 cm³/mol. The molecule has 0 amide bonds. The number of rotatable bonds is 4. The Balaban J connectivity index is 2.09. The highest BCUT2D eigenvalue weighted by molar-refractivity contribution is 9.11. The van der Waals surface area contributed by atoms with E-state index in [0.717, 1.165) is 28.3 Å². The van der Waals surface area contributed by atoms with Crippen LogP contribution in [0.3, 0.4) is 0 Å². The van der Waals surface area contributed by atoms with E-state index in [1.165, 1.54) is 0 Å². The van der Waals surface area contributed by atoms with Crippen LogP contribution in [-0.2, 0) is 10.0 Å². The Bertz CT molecular complexity index is 528. The van der Waals surface area contributed by atoms with Crippen molar-refractivity contribution in [1.82, 2.24) is 5.32 Å². The van der Waals surface area contributed by atoms with E-state index < -0.39 is 10.0 Å². The van der Waals surface area contributed by atoms with E-state index in [0.29, 0.717) is 5.69 Å². The van der Waals surface area contributed by atoms with Crippen LogP contribution in [0.1, 0.15) is 12.8 Å². The molecule has 0 spiro atoms.